The number of allylic oxidation sites excluding steroid dienone is 1. The first-order chi connectivity index (χ1) is 5.81. The minimum absolute atomic E-state index is 0.693. The first kappa shape index (κ1) is 11.7. The average Bonchev–Trinajstić information content (AvgIpc) is 2.05. The smallest absolute Gasteiger partial charge is 0.00386 e. The minimum atomic E-state index is 0.693. The maximum Gasteiger partial charge on any atom is 0.00386 e. The van der Waals surface area contributed by atoms with Crippen LogP contribution < -0.4 is 5.32 Å². The Morgan fingerprint density at radius 1 is 1.33 bits per heavy atom. The molecule has 0 aliphatic heterocycles. The molecular formula is C11H23N. The summed E-state index contributed by atoms with van der Waals surface area (Å²) >= 11 is 0. The van der Waals surface area contributed by atoms with Gasteiger partial charge in [0.1, 0.15) is 0 Å². The van der Waals surface area contributed by atoms with Gasteiger partial charge in [-0.1, -0.05) is 25.8 Å². The van der Waals surface area contributed by atoms with E-state index in [0.29, 0.717) is 6.04 Å². The molecule has 0 aromatic carbocycles. The largest absolute Gasteiger partial charge is 0.315 e. The highest BCUT2D eigenvalue weighted by atomic mass is 14.9. The van der Waals surface area contributed by atoms with Crippen LogP contribution in [0.1, 0.15) is 46.0 Å². The van der Waals surface area contributed by atoms with Crippen LogP contribution in [0.2, 0.25) is 0 Å². The summed E-state index contributed by atoms with van der Waals surface area (Å²) in [7, 11) is 0. The lowest BCUT2D eigenvalue weighted by Crippen LogP contribution is -2.25. The summed E-state index contributed by atoms with van der Waals surface area (Å²) in [6, 6.07) is 0.693. The van der Waals surface area contributed by atoms with Gasteiger partial charge in [0.05, 0.1) is 0 Å². The monoisotopic (exact) mass is 169 g/mol. The number of hydrogen-bond donors (Lipinski definition) is 1. The van der Waals surface area contributed by atoms with Crippen molar-refractivity contribution in [3.63, 3.8) is 0 Å². The fraction of sp³-hybridized carbons (Fsp3) is 0.818. The van der Waals surface area contributed by atoms with Crippen LogP contribution in [0.3, 0.4) is 0 Å². The van der Waals surface area contributed by atoms with Gasteiger partial charge < -0.3 is 5.32 Å². The lowest BCUT2D eigenvalue weighted by Gasteiger charge is -2.10. The van der Waals surface area contributed by atoms with Gasteiger partial charge in [-0.2, -0.15) is 0 Å². The minimum Gasteiger partial charge on any atom is -0.315 e. The van der Waals surface area contributed by atoms with Crippen molar-refractivity contribution in [3.05, 3.63) is 12.7 Å². The fourth-order valence-electron chi connectivity index (χ4n) is 1.37. The molecule has 0 spiro atoms. The molecule has 0 amide bonds. The van der Waals surface area contributed by atoms with E-state index in [1.54, 1.807) is 0 Å². The molecule has 72 valence electrons. The first-order valence-electron chi connectivity index (χ1n) is 5.15. The Bertz CT molecular complexity index is 99.2. The molecule has 0 heterocycles. The molecule has 0 aromatic heterocycles. The Morgan fingerprint density at radius 3 is 2.67 bits per heavy atom. The molecule has 0 radical (unpaired) electrons. The maximum atomic E-state index is 3.71. The van der Waals surface area contributed by atoms with Crippen LogP contribution in [-0.2, 0) is 0 Å². The Labute approximate surface area is 77.2 Å². The van der Waals surface area contributed by atoms with Crippen LogP contribution in [0.4, 0.5) is 0 Å². The van der Waals surface area contributed by atoms with Crippen molar-refractivity contribution in [2.75, 3.05) is 6.54 Å². The zero-order valence-corrected chi connectivity index (χ0v) is 8.60. The highest BCUT2D eigenvalue weighted by Gasteiger charge is 1.97. The van der Waals surface area contributed by atoms with E-state index in [1.807, 2.05) is 6.08 Å². The van der Waals surface area contributed by atoms with Crippen LogP contribution >= 0.6 is 0 Å². The third kappa shape index (κ3) is 7.80. The van der Waals surface area contributed by atoms with Crippen molar-refractivity contribution < 1.29 is 0 Å². The Hall–Kier alpha value is -0.300. The lowest BCUT2D eigenvalue weighted by atomic mass is 10.1. The van der Waals surface area contributed by atoms with Crippen molar-refractivity contribution in [1.82, 2.24) is 5.32 Å². The number of hydrogen-bond acceptors (Lipinski definition) is 1. The van der Waals surface area contributed by atoms with Crippen molar-refractivity contribution >= 4 is 0 Å². The van der Waals surface area contributed by atoms with E-state index in [1.165, 1.54) is 32.1 Å². The van der Waals surface area contributed by atoms with E-state index < -0.39 is 0 Å². The summed E-state index contributed by atoms with van der Waals surface area (Å²) in [6.45, 7) is 9.22. The van der Waals surface area contributed by atoms with Gasteiger partial charge in [0.15, 0.2) is 0 Å². The predicted molar refractivity (Wildman–Crippen MR) is 56.4 cm³/mol. The van der Waals surface area contributed by atoms with Crippen LogP contribution in [0, 0.1) is 0 Å². The molecule has 0 rings (SSSR count). The van der Waals surface area contributed by atoms with Crippen molar-refractivity contribution in [3.8, 4) is 0 Å². The molecule has 0 saturated heterocycles. The second-order valence-electron chi connectivity index (χ2n) is 3.39. The number of nitrogens with one attached hydrogen (secondary N) is 1. The van der Waals surface area contributed by atoms with E-state index in [-0.39, 0.29) is 0 Å². The molecule has 1 nitrogen and oxygen atoms in total. The first-order valence-corrected chi connectivity index (χ1v) is 5.15. The van der Waals surface area contributed by atoms with Gasteiger partial charge in [-0.15, -0.1) is 6.58 Å². The SMILES string of the molecule is C=CCCCCCC(C)NCC. The zero-order chi connectivity index (χ0) is 9.23. The Morgan fingerprint density at radius 2 is 2.08 bits per heavy atom. The lowest BCUT2D eigenvalue weighted by molar-refractivity contribution is 0.497. The zero-order valence-electron chi connectivity index (χ0n) is 8.60. The molecular weight excluding hydrogens is 146 g/mol. The Kier molecular flexibility index (Phi) is 8.57. The molecule has 1 atom stereocenters. The second-order valence-corrected chi connectivity index (χ2v) is 3.39. The standard InChI is InChI=1S/C11H23N/c1-4-6-7-8-9-10-11(3)12-5-2/h4,11-12H,1,5-10H2,2-3H3. The van der Waals surface area contributed by atoms with Crippen LogP contribution in [-0.4, -0.2) is 12.6 Å². The molecule has 0 aromatic rings. The predicted octanol–water partition coefficient (Wildman–Crippen LogP) is 3.12. The highest BCUT2D eigenvalue weighted by molar-refractivity contribution is 4.66. The molecule has 12 heavy (non-hydrogen) atoms. The van der Waals surface area contributed by atoms with Gasteiger partial charge in [-0.25, -0.2) is 0 Å². The van der Waals surface area contributed by atoms with E-state index >= 15 is 0 Å². The van der Waals surface area contributed by atoms with Gasteiger partial charge >= 0.3 is 0 Å². The fourth-order valence-corrected chi connectivity index (χ4v) is 1.37. The van der Waals surface area contributed by atoms with Crippen molar-refractivity contribution in [1.29, 1.82) is 0 Å². The maximum absolute atomic E-state index is 3.71. The topological polar surface area (TPSA) is 12.0 Å². The summed E-state index contributed by atoms with van der Waals surface area (Å²) in [4.78, 5) is 0. The molecule has 0 fully saturated rings. The summed E-state index contributed by atoms with van der Waals surface area (Å²) in [5.41, 5.74) is 0. The summed E-state index contributed by atoms with van der Waals surface area (Å²) in [5.74, 6) is 0. The molecule has 0 aliphatic rings. The summed E-state index contributed by atoms with van der Waals surface area (Å²) in [5, 5.41) is 3.42. The van der Waals surface area contributed by atoms with Crippen LogP contribution in [0.5, 0.6) is 0 Å². The van der Waals surface area contributed by atoms with E-state index in [9.17, 15) is 0 Å². The van der Waals surface area contributed by atoms with Crippen molar-refractivity contribution in [2.24, 2.45) is 0 Å². The van der Waals surface area contributed by atoms with Gasteiger partial charge in [0.25, 0.3) is 0 Å². The molecule has 1 N–H and O–H groups in total. The summed E-state index contributed by atoms with van der Waals surface area (Å²) < 4.78 is 0. The average molecular weight is 169 g/mol. The van der Waals surface area contributed by atoms with E-state index in [4.69, 9.17) is 0 Å². The van der Waals surface area contributed by atoms with Crippen LogP contribution in [0.15, 0.2) is 12.7 Å². The molecule has 0 saturated carbocycles. The molecule has 0 aliphatic carbocycles. The molecule has 0 bridgehead atoms. The van der Waals surface area contributed by atoms with E-state index in [2.05, 4.69) is 25.7 Å². The van der Waals surface area contributed by atoms with E-state index in [0.717, 1.165) is 6.54 Å². The van der Waals surface area contributed by atoms with Gasteiger partial charge in [-0.3, -0.25) is 0 Å². The van der Waals surface area contributed by atoms with Crippen LogP contribution in [0.25, 0.3) is 0 Å². The third-order valence-corrected chi connectivity index (χ3v) is 2.10. The van der Waals surface area contributed by atoms with Gasteiger partial charge in [0.2, 0.25) is 0 Å². The third-order valence-electron chi connectivity index (χ3n) is 2.10. The number of rotatable bonds is 8. The quantitative estimate of drug-likeness (QED) is 0.435. The Balaban J connectivity index is 3.02. The molecule has 1 unspecified atom stereocenters. The highest BCUT2D eigenvalue weighted by Crippen LogP contribution is 2.05. The number of unbranched alkanes of at least 4 members (excludes halogenated alkanes) is 3. The van der Waals surface area contributed by atoms with Gasteiger partial charge in [-0.05, 0) is 32.7 Å². The van der Waals surface area contributed by atoms with Gasteiger partial charge in [0, 0.05) is 6.04 Å². The normalized spacial score (nSPS) is 12.8. The molecule has 1 heteroatoms. The van der Waals surface area contributed by atoms with Crippen molar-refractivity contribution in [2.45, 2.75) is 52.0 Å². The second kappa shape index (κ2) is 8.79. The summed E-state index contributed by atoms with van der Waals surface area (Å²) in [6.07, 6.45) is 8.50.